The van der Waals surface area contributed by atoms with Crippen LogP contribution in [0.1, 0.15) is 21.6 Å². The summed E-state index contributed by atoms with van der Waals surface area (Å²) in [4.78, 5) is 27.4. The fourth-order valence-corrected chi connectivity index (χ4v) is 4.37. The van der Waals surface area contributed by atoms with Crippen LogP contribution in [0, 0.1) is 12.8 Å². The van der Waals surface area contributed by atoms with Crippen molar-refractivity contribution < 1.29 is 9.59 Å². The molecule has 2 heterocycles. The molecule has 1 atom stereocenters. The molecule has 0 spiro atoms. The Morgan fingerprint density at radius 2 is 1.94 bits per heavy atom. The zero-order valence-corrected chi connectivity index (χ0v) is 19.9. The Bertz CT molecular complexity index is 1460. The van der Waals surface area contributed by atoms with Crippen LogP contribution >= 0.6 is 0 Å². The maximum Gasteiger partial charge on any atom is 0.276 e. The Labute approximate surface area is 203 Å². The minimum absolute atomic E-state index is 0.261. The van der Waals surface area contributed by atoms with Crippen LogP contribution < -0.4 is 5.32 Å². The first-order valence-corrected chi connectivity index (χ1v) is 11.5. The third kappa shape index (κ3) is 4.36. The lowest BCUT2D eigenvalue weighted by molar-refractivity contribution is -0.119. The largest absolute Gasteiger partial charge is 0.321 e. The molecule has 1 N–H and O–H groups in total. The fraction of sp³-hybridized carbons (Fsp3) is 0.222. The molecule has 1 aromatic heterocycles. The minimum Gasteiger partial charge on any atom is -0.321 e. The van der Waals surface area contributed by atoms with Gasteiger partial charge in [0.05, 0.1) is 23.7 Å². The van der Waals surface area contributed by atoms with Gasteiger partial charge in [-0.2, -0.15) is 5.10 Å². The number of nitrogens with zero attached hydrogens (tertiary/aromatic N) is 5. The topological polar surface area (TPSA) is 92.0 Å². The lowest BCUT2D eigenvalue weighted by atomic mass is 9.88. The van der Waals surface area contributed by atoms with Crippen LogP contribution in [0.15, 0.2) is 82.6 Å². The predicted octanol–water partition coefficient (Wildman–Crippen LogP) is 4.60. The first kappa shape index (κ1) is 22.6. The number of amides is 2. The number of benzene rings is 2. The molecule has 0 fully saturated rings. The third-order valence-electron chi connectivity index (χ3n) is 6.19. The number of aryl methyl sites for hydroxylation is 1. The molecule has 1 aliphatic heterocycles. The van der Waals surface area contributed by atoms with Crippen LogP contribution in [-0.2, 0) is 11.3 Å². The number of fused-ring (bicyclic) bond motifs is 2. The molecule has 3 aromatic rings. The predicted molar refractivity (Wildman–Crippen MR) is 136 cm³/mol. The van der Waals surface area contributed by atoms with Gasteiger partial charge in [-0.3, -0.25) is 14.3 Å². The number of azo groups is 1. The lowest BCUT2D eigenvalue weighted by Crippen LogP contribution is -2.19. The summed E-state index contributed by atoms with van der Waals surface area (Å²) >= 11 is 0. The summed E-state index contributed by atoms with van der Waals surface area (Å²) in [5, 5.41) is 16.5. The summed E-state index contributed by atoms with van der Waals surface area (Å²) < 4.78 is 1.88. The molecule has 5 rings (SSSR count). The number of para-hydroxylation sites is 1. The maximum atomic E-state index is 13.2. The van der Waals surface area contributed by atoms with E-state index < -0.39 is 5.92 Å². The number of hydrogen-bond donors (Lipinski definition) is 1. The van der Waals surface area contributed by atoms with Gasteiger partial charge in [0, 0.05) is 23.2 Å². The molecule has 0 saturated heterocycles. The number of rotatable bonds is 6. The van der Waals surface area contributed by atoms with E-state index in [1.807, 2.05) is 92.5 Å². The van der Waals surface area contributed by atoms with Crippen LogP contribution in [0.25, 0.3) is 16.6 Å². The summed E-state index contributed by atoms with van der Waals surface area (Å²) in [6.07, 6.45) is 7.48. The van der Waals surface area contributed by atoms with E-state index in [1.165, 1.54) is 0 Å². The number of likely N-dealkylation sites (N-methyl/N-ethyl adjacent to an activating group) is 1. The number of anilines is 1. The molecule has 8 heteroatoms. The van der Waals surface area contributed by atoms with Crippen molar-refractivity contribution in [3.05, 3.63) is 89.2 Å². The number of nitrogens with one attached hydrogen (secondary N) is 1. The molecule has 0 saturated carbocycles. The first-order valence-electron chi connectivity index (χ1n) is 11.5. The Morgan fingerprint density at radius 3 is 2.74 bits per heavy atom. The van der Waals surface area contributed by atoms with Crippen molar-refractivity contribution in [2.24, 2.45) is 16.1 Å². The zero-order valence-electron chi connectivity index (χ0n) is 19.9. The number of aromatic nitrogens is 2. The van der Waals surface area contributed by atoms with Crippen LogP contribution in [0.4, 0.5) is 5.69 Å². The average Bonchev–Trinajstić information content (AvgIpc) is 3.23. The van der Waals surface area contributed by atoms with Crippen LogP contribution in [0.3, 0.4) is 0 Å². The molecule has 2 aliphatic rings. The Balaban J connectivity index is 1.42. The summed E-state index contributed by atoms with van der Waals surface area (Å²) in [6, 6.07) is 13.4. The summed E-state index contributed by atoms with van der Waals surface area (Å²) in [6.45, 7) is 3.46. The second kappa shape index (κ2) is 9.23. The molecule has 35 heavy (non-hydrogen) atoms. The normalized spacial score (nSPS) is 16.9. The summed E-state index contributed by atoms with van der Waals surface area (Å²) in [5.74, 6) is -0.923. The smallest absolute Gasteiger partial charge is 0.276 e. The van der Waals surface area contributed by atoms with E-state index in [2.05, 4.69) is 25.5 Å². The standard InChI is InChI=1S/C27H26N6O2/c1-17-16-18(12-13-19(17)24-20-8-4-5-9-21(20)26(34)30-29-24)28-27(35)25-22-10-6-7-11-23(22)33(31-25)15-14-32(2)3/h4-13,16,21H,14-15H2,1-3H3,(H,28,35). The van der Waals surface area contributed by atoms with Gasteiger partial charge in [0.25, 0.3) is 11.8 Å². The molecule has 2 amide bonds. The molecule has 8 nitrogen and oxygen atoms in total. The monoisotopic (exact) mass is 466 g/mol. The van der Waals surface area contributed by atoms with E-state index in [4.69, 9.17) is 0 Å². The molecular weight excluding hydrogens is 440 g/mol. The van der Waals surface area contributed by atoms with E-state index in [9.17, 15) is 9.59 Å². The number of carbonyl (C=O) groups is 2. The van der Waals surface area contributed by atoms with Gasteiger partial charge in [-0.15, -0.1) is 10.2 Å². The van der Waals surface area contributed by atoms with Crippen molar-refractivity contribution in [3.8, 4) is 0 Å². The highest BCUT2D eigenvalue weighted by Crippen LogP contribution is 2.36. The highest BCUT2D eigenvalue weighted by Gasteiger charge is 2.28. The molecule has 176 valence electrons. The fourth-order valence-electron chi connectivity index (χ4n) is 4.37. The summed E-state index contributed by atoms with van der Waals surface area (Å²) in [7, 11) is 4.02. The van der Waals surface area contributed by atoms with Crippen LogP contribution in [0.5, 0.6) is 0 Å². The van der Waals surface area contributed by atoms with E-state index in [0.717, 1.165) is 34.1 Å². The SMILES string of the molecule is Cc1cc(NC(=O)c2nn(CCN(C)C)c3ccccc23)ccc1C1=C2C=CC=CC2C(=O)N=N1. The second-order valence-corrected chi connectivity index (χ2v) is 8.94. The van der Waals surface area contributed by atoms with Gasteiger partial charge in [0.15, 0.2) is 5.69 Å². The third-order valence-corrected chi connectivity index (χ3v) is 6.19. The van der Waals surface area contributed by atoms with Crippen LogP contribution in [-0.4, -0.2) is 47.1 Å². The molecular formula is C27H26N6O2. The van der Waals surface area contributed by atoms with Gasteiger partial charge in [-0.1, -0.05) is 48.6 Å². The molecule has 0 bridgehead atoms. The van der Waals surface area contributed by atoms with Gasteiger partial charge >= 0.3 is 0 Å². The Morgan fingerprint density at radius 1 is 1.11 bits per heavy atom. The van der Waals surface area contributed by atoms with E-state index in [-0.39, 0.29) is 11.8 Å². The highest BCUT2D eigenvalue weighted by atomic mass is 16.2. The average molecular weight is 467 g/mol. The molecule has 2 aromatic carbocycles. The van der Waals surface area contributed by atoms with Crippen molar-refractivity contribution in [3.63, 3.8) is 0 Å². The van der Waals surface area contributed by atoms with E-state index >= 15 is 0 Å². The molecule has 1 aliphatic carbocycles. The van der Waals surface area contributed by atoms with E-state index in [0.29, 0.717) is 23.6 Å². The molecule has 1 unspecified atom stereocenters. The first-order chi connectivity index (χ1) is 16.9. The van der Waals surface area contributed by atoms with Crippen molar-refractivity contribution in [1.29, 1.82) is 0 Å². The minimum atomic E-state index is -0.401. The van der Waals surface area contributed by atoms with Crippen molar-refractivity contribution in [2.45, 2.75) is 13.5 Å². The summed E-state index contributed by atoms with van der Waals surface area (Å²) in [5.41, 5.74) is 5.29. The van der Waals surface area contributed by atoms with Gasteiger partial charge in [0.1, 0.15) is 0 Å². The maximum absolute atomic E-state index is 13.2. The van der Waals surface area contributed by atoms with Gasteiger partial charge < -0.3 is 10.2 Å². The van der Waals surface area contributed by atoms with Crippen molar-refractivity contribution in [2.75, 3.05) is 26.0 Å². The Hall–Kier alpha value is -4.17. The van der Waals surface area contributed by atoms with Crippen LogP contribution in [0.2, 0.25) is 0 Å². The molecule has 0 radical (unpaired) electrons. The van der Waals surface area contributed by atoms with Gasteiger partial charge in [-0.25, -0.2) is 0 Å². The van der Waals surface area contributed by atoms with E-state index in [1.54, 1.807) is 0 Å². The van der Waals surface area contributed by atoms with Crippen molar-refractivity contribution in [1.82, 2.24) is 14.7 Å². The number of carbonyl (C=O) groups excluding carboxylic acids is 2. The van der Waals surface area contributed by atoms with Crippen molar-refractivity contribution >= 4 is 34.1 Å². The number of allylic oxidation sites excluding steroid dienone is 3. The highest BCUT2D eigenvalue weighted by molar-refractivity contribution is 6.11. The number of hydrogen-bond acceptors (Lipinski definition) is 5. The second-order valence-electron chi connectivity index (χ2n) is 8.94. The quantitative estimate of drug-likeness (QED) is 0.575. The van der Waals surface area contributed by atoms with Gasteiger partial charge in [-0.05, 0) is 50.4 Å². The Kier molecular flexibility index (Phi) is 5.96. The van der Waals surface area contributed by atoms with Gasteiger partial charge in [0.2, 0.25) is 0 Å². The lowest BCUT2D eigenvalue weighted by Gasteiger charge is -2.20. The zero-order chi connectivity index (χ0) is 24.5.